The quantitative estimate of drug-likeness (QED) is 0.838. The molecule has 136 valence electrons. The van der Waals surface area contributed by atoms with Gasteiger partial charge in [0, 0.05) is 37.5 Å². The number of piperidine rings is 1. The molecule has 0 aliphatic carbocycles. The molecule has 1 atom stereocenters. The zero-order chi connectivity index (χ0) is 18.5. The summed E-state index contributed by atoms with van der Waals surface area (Å²) in [7, 11) is 0. The van der Waals surface area contributed by atoms with E-state index < -0.39 is 6.09 Å². The SMILES string of the molecule is CC(=O)NCC1CN(c2ccc(N3CCC(=CC#N)CC3)cc2)C(=O)O1. The van der Waals surface area contributed by atoms with E-state index in [1.807, 2.05) is 24.3 Å². The fourth-order valence-corrected chi connectivity index (χ4v) is 3.23. The molecule has 3 rings (SSSR count). The molecule has 1 unspecified atom stereocenters. The van der Waals surface area contributed by atoms with Gasteiger partial charge >= 0.3 is 6.09 Å². The fraction of sp³-hybridized carbons (Fsp3) is 0.421. The highest BCUT2D eigenvalue weighted by atomic mass is 16.6. The number of nitrogens with zero attached hydrogens (tertiary/aromatic N) is 3. The standard InChI is InChI=1S/C19H22N4O3/c1-14(24)21-12-18-13-23(19(25)26-18)17-4-2-16(3-5-17)22-10-7-15(6-9-20)8-11-22/h2-6,18H,7-8,10-13H2,1H3,(H,21,24). The highest BCUT2D eigenvalue weighted by Gasteiger charge is 2.32. The Hall–Kier alpha value is -3.01. The van der Waals surface area contributed by atoms with E-state index in [2.05, 4.69) is 16.3 Å². The van der Waals surface area contributed by atoms with E-state index in [0.29, 0.717) is 13.1 Å². The number of benzene rings is 1. The first-order chi connectivity index (χ1) is 12.6. The second-order valence-electron chi connectivity index (χ2n) is 6.49. The molecule has 1 aromatic carbocycles. The number of carbonyl (C=O) groups excluding carboxylic acids is 2. The van der Waals surface area contributed by atoms with Crippen molar-refractivity contribution in [2.45, 2.75) is 25.9 Å². The lowest BCUT2D eigenvalue weighted by molar-refractivity contribution is -0.119. The Morgan fingerprint density at radius 1 is 1.31 bits per heavy atom. The number of nitrogens with one attached hydrogen (secondary N) is 1. The third-order valence-electron chi connectivity index (χ3n) is 4.65. The van der Waals surface area contributed by atoms with Crippen LogP contribution in [0, 0.1) is 11.3 Å². The van der Waals surface area contributed by atoms with Crippen LogP contribution in [-0.2, 0) is 9.53 Å². The minimum absolute atomic E-state index is 0.141. The first kappa shape index (κ1) is 17.8. The number of hydrogen-bond acceptors (Lipinski definition) is 5. The lowest BCUT2D eigenvalue weighted by Crippen LogP contribution is -2.33. The van der Waals surface area contributed by atoms with Crippen molar-refractivity contribution in [1.29, 1.82) is 5.26 Å². The number of allylic oxidation sites excluding steroid dienone is 1. The highest BCUT2D eigenvalue weighted by molar-refractivity contribution is 5.90. The molecule has 1 aromatic rings. The van der Waals surface area contributed by atoms with E-state index in [-0.39, 0.29) is 12.0 Å². The summed E-state index contributed by atoms with van der Waals surface area (Å²) in [6, 6.07) is 9.94. The monoisotopic (exact) mass is 354 g/mol. The predicted molar refractivity (Wildman–Crippen MR) is 97.9 cm³/mol. The summed E-state index contributed by atoms with van der Waals surface area (Å²) in [6.45, 7) is 3.95. The van der Waals surface area contributed by atoms with Gasteiger partial charge in [0.2, 0.25) is 5.91 Å². The van der Waals surface area contributed by atoms with Crippen LogP contribution in [0.25, 0.3) is 0 Å². The number of amides is 2. The van der Waals surface area contributed by atoms with Crippen molar-refractivity contribution in [2.75, 3.05) is 36.0 Å². The van der Waals surface area contributed by atoms with Crippen LogP contribution in [0.2, 0.25) is 0 Å². The number of anilines is 2. The average Bonchev–Trinajstić information content (AvgIpc) is 3.02. The van der Waals surface area contributed by atoms with Crippen molar-refractivity contribution in [1.82, 2.24) is 5.32 Å². The number of cyclic esters (lactones) is 1. The molecule has 2 fully saturated rings. The first-order valence-corrected chi connectivity index (χ1v) is 8.72. The Kier molecular flexibility index (Phi) is 5.42. The fourth-order valence-electron chi connectivity index (χ4n) is 3.23. The third-order valence-corrected chi connectivity index (χ3v) is 4.65. The number of ether oxygens (including phenoxy) is 1. The molecule has 2 aliphatic rings. The van der Waals surface area contributed by atoms with Crippen LogP contribution in [0.4, 0.5) is 16.2 Å². The molecule has 2 saturated heterocycles. The lowest BCUT2D eigenvalue weighted by Gasteiger charge is -2.30. The summed E-state index contributed by atoms with van der Waals surface area (Å²) in [6.07, 6.45) is 2.73. The van der Waals surface area contributed by atoms with Gasteiger partial charge in [-0.1, -0.05) is 5.57 Å². The van der Waals surface area contributed by atoms with E-state index in [1.165, 1.54) is 12.5 Å². The van der Waals surface area contributed by atoms with Crippen LogP contribution in [0.1, 0.15) is 19.8 Å². The minimum atomic E-state index is -0.391. The van der Waals surface area contributed by atoms with Crippen LogP contribution in [0.5, 0.6) is 0 Å². The molecule has 0 aromatic heterocycles. The van der Waals surface area contributed by atoms with Gasteiger partial charge in [-0.2, -0.15) is 5.26 Å². The van der Waals surface area contributed by atoms with Crippen LogP contribution in [0.3, 0.4) is 0 Å². The van der Waals surface area contributed by atoms with Gasteiger partial charge in [0.05, 0.1) is 19.2 Å². The Morgan fingerprint density at radius 2 is 1.96 bits per heavy atom. The smallest absolute Gasteiger partial charge is 0.414 e. The largest absolute Gasteiger partial charge is 0.442 e. The van der Waals surface area contributed by atoms with Crippen molar-refractivity contribution >= 4 is 23.4 Å². The Balaban J connectivity index is 1.60. The van der Waals surface area contributed by atoms with Crippen LogP contribution in [0.15, 0.2) is 35.9 Å². The van der Waals surface area contributed by atoms with Gasteiger partial charge in [-0.15, -0.1) is 0 Å². The Labute approximate surface area is 152 Å². The summed E-state index contributed by atoms with van der Waals surface area (Å²) in [4.78, 5) is 26.9. The molecule has 0 bridgehead atoms. The topological polar surface area (TPSA) is 85.7 Å². The Morgan fingerprint density at radius 3 is 2.58 bits per heavy atom. The summed E-state index contributed by atoms with van der Waals surface area (Å²) < 4.78 is 5.29. The molecule has 26 heavy (non-hydrogen) atoms. The molecule has 2 heterocycles. The second-order valence-corrected chi connectivity index (χ2v) is 6.49. The van der Waals surface area contributed by atoms with Gasteiger partial charge in [-0.25, -0.2) is 4.79 Å². The lowest BCUT2D eigenvalue weighted by atomic mass is 10.0. The van der Waals surface area contributed by atoms with Crippen molar-refractivity contribution in [3.8, 4) is 6.07 Å². The molecule has 1 N–H and O–H groups in total. The zero-order valence-corrected chi connectivity index (χ0v) is 14.8. The number of rotatable bonds is 4. The molecule has 0 saturated carbocycles. The van der Waals surface area contributed by atoms with E-state index in [4.69, 9.17) is 10.00 Å². The van der Waals surface area contributed by atoms with Crippen LogP contribution >= 0.6 is 0 Å². The number of carbonyl (C=O) groups is 2. The second kappa shape index (κ2) is 7.91. The van der Waals surface area contributed by atoms with Crippen molar-refractivity contribution in [3.63, 3.8) is 0 Å². The first-order valence-electron chi connectivity index (χ1n) is 8.72. The summed E-state index contributed by atoms with van der Waals surface area (Å²) in [5, 5.41) is 11.4. The Bertz CT molecular complexity index is 741. The van der Waals surface area contributed by atoms with Gasteiger partial charge in [-0.3, -0.25) is 9.69 Å². The average molecular weight is 354 g/mol. The predicted octanol–water partition coefficient (Wildman–Crippen LogP) is 2.20. The molecular weight excluding hydrogens is 332 g/mol. The summed E-state index contributed by atoms with van der Waals surface area (Å²) >= 11 is 0. The van der Waals surface area contributed by atoms with Gasteiger partial charge in [0.25, 0.3) is 0 Å². The van der Waals surface area contributed by atoms with Crippen molar-refractivity contribution < 1.29 is 14.3 Å². The van der Waals surface area contributed by atoms with Crippen molar-refractivity contribution in [2.24, 2.45) is 0 Å². The maximum atomic E-state index is 12.1. The molecule has 7 nitrogen and oxygen atoms in total. The normalized spacial score (nSPS) is 19.8. The molecule has 2 amide bonds. The van der Waals surface area contributed by atoms with Gasteiger partial charge < -0.3 is 15.0 Å². The van der Waals surface area contributed by atoms with E-state index in [0.717, 1.165) is 37.3 Å². The van der Waals surface area contributed by atoms with Gasteiger partial charge in [0.15, 0.2) is 0 Å². The van der Waals surface area contributed by atoms with E-state index >= 15 is 0 Å². The molecular formula is C19H22N4O3. The number of hydrogen-bond donors (Lipinski definition) is 1. The summed E-state index contributed by atoms with van der Waals surface area (Å²) in [5.41, 5.74) is 3.09. The highest BCUT2D eigenvalue weighted by Crippen LogP contribution is 2.27. The van der Waals surface area contributed by atoms with E-state index in [1.54, 1.807) is 11.0 Å². The van der Waals surface area contributed by atoms with Gasteiger partial charge in [0.1, 0.15) is 6.10 Å². The summed E-state index contributed by atoms with van der Waals surface area (Å²) in [5.74, 6) is -0.141. The minimum Gasteiger partial charge on any atom is -0.442 e. The molecule has 0 radical (unpaired) electrons. The maximum absolute atomic E-state index is 12.1. The van der Waals surface area contributed by atoms with Crippen LogP contribution in [-0.4, -0.2) is 44.3 Å². The van der Waals surface area contributed by atoms with Gasteiger partial charge in [-0.05, 0) is 37.1 Å². The van der Waals surface area contributed by atoms with Crippen molar-refractivity contribution in [3.05, 3.63) is 35.9 Å². The number of nitriles is 1. The zero-order valence-electron chi connectivity index (χ0n) is 14.8. The molecule has 0 spiro atoms. The third kappa shape index (κ3) is 4.14. The molecule has 7 heteroatoms. The maximum Gasteiger partial charge on any atom is 0.414 e. The van der Waals surface area contributed by atoms with E-state index in [9.17, 15) is 9.59 Å². The molecule has 2 aliphatic heterocycles. The van der Waals surface area contributed by atoms with Crippen LogP contribution < -0.4 is 15.1 Å².